The van der Waals surface area contributed by atoms with Crippen molar-refractivity contribution in [1.29, 1.82) is 0 Å². The van der Waals surface area contributed by atoms with Crippen molar-refractivity contribution in [3.63, 3.8) is 0 Å². The van der Waals surface area contributed by atoms with Gasteiger partial charge in [0.2, 0.25) is 0 Å². The average Bonchev–Trinajstić information content (AvgIpc) is 1.00. The van der Waals surface area contributed by atoms with Crippen LogP contribution in [0.25, 0.3) is 0 Å². The summed E-state index contributed by atoms with van der Waals surface area (Å²) in [5.41, 5.74) is 0. The summed E-state index contributed by atoms with van der Waals surface area (Å²) in [4.78, 5) is 0. The fourth-order valence-electron chi connectivity index (χ4n) is 0. The van der Waals surface area contributed by atoms with E-state index in [4.69, 9.17) is 0 Å². The second kappa shape index (κ2) is 17.0. The molecule has 0 atom stereocenters. The number of hydrogen-bond donors (Lipinski definition) is 0. The third-order valence-corrected chi connectivity index (χ3v) is 0. The van der Waals surface area contributed by atoms with Crippen LogP contribution < -0.4 is 0 Å². The van der Waals surface area contributed by atoms with E-state index in [1.54, 1.807) is 0 Å². The van der Waals surface area contributed by atoms with E-state index in [0.717, 1.165) is 0 Å². The van der Waals surface area contributed by atoms with Gasteiger partial charge in [0.05, 0.1) is 0 Å². The van der Waals surface area contributed by atoms with Gasteiger partial charge < -0.3 is 0 Å². The van der Waals surface area contributed by atoms with E-state index in [-0.39, 0.29) is 65.9 Å². The maximum absolute atomic E-state index is 2.45. The van der Waals surface area contributed by atoms with Crippen LogP contribution in [0.5, 0.6) is 0 Å². The van der Waals surface area contributed by atoms with Gasteiger partial charge in [-0.2, -0.15) is 0 Å². The molecular formula is H6BaCuSeSi. The summed E-state index contributed by atoms with van der Waals surface area (Å²) in [6.07, 6.45) is 0. The van der Waals surface area contributed by atoms with Crippen LogP contribution in [0.1, 0.15) is 0 Å². The Bertz CT molecular complexity index is 8.00. The Morgan fingerprint density at radius 3 is 1.25 bits per heavy atom. The van der Waals surface area contributed by atoms with Gasteiger partial charge in [-0.05, 0) is 0 Å². The van der Waals surface area contributed by atoms with Crippen LogP contribution in [0, 0.1) is 0 Å². The minimum atomic E-state index is 0. The summed E-state index contributed by atoms with van der Waals surface area (Å²) in [7, 11) is 1.24. The Kier molecular flexibility index (Phi) is 67.2. The van der Waals surface area contributed by atoms with Gasteiger partial charge in [0, 0.05) is 17.1 Å². The zero-order chi connectivity index (χ0) is 2.00. The first-order valence-corrected chi connectivity index (χ1v) is 6.97. The second-order valence-electron chi connectivity index (χ2n) is 0. The standard InChI is InChI=1S/Ba.Cu.H4SeSi.2H/c;;1-2;;/h;;1H,2H3;;. The molecule has 0 aromatic heterocycles. The van der Waals surface area contributed by atoms with Crippen LogP contribution >= 0.6 is 0 Å². The predicted molar refractivity (Wildman–Crippen MR) is 25.6 cm³/mol. The van der Waals surface area contributed by atoms with E-state index in [0.29, 0.717) is 0 Å². The number of rotatable bonds is 0. The van der Waals surface area contributed by atoms with Crippen molar-refractivity contribution in [3.8, 4) is 0 Å². The zero-order valence-corrected chi connectivity index (χ0v) is 6.57. The Morgan fingerprint density at radius 1 is 1.25 bits per heavy atom. The van der Waals surface area contributed by atoms with Gasteiger partial charge in [-0.15, -0.1) is 0 Å². The first-order valence-electron chi connectivity index (χ1n) is 0.447. The van der Waals surface area contributed by atoms with E-state index < -0.39 is 0 Å². The monoisotopic (exact) mass is 315 g/mol. The molecule has 4 heavy (non-hydrogen) atoms. The fourth-order valence-corrected chi connectivity index (χ4v) is 0. The number of hydrogen-bond acceptors (Lipinski definition) is 0. The Balaban J connectivity index is -0.00000000500. The first kappa shape index (κ1) is 15.8. The predicted octanol–water partition coefficient (Wildman–Crippen LogP) is -2.75. The van der Waals surface area contributed by atoms with Crippen molar-refractivity contribution in [2.24, 2.45) is 0 Å². The van der Waals surface area contributed by atoms with Crippen LogP contribution in [0.4, 0.5) is 0 Å². The molecule has 0 aliphatic heterocycles. The Hall–Kier alpha value is 2.83. The third kappa shape index (κ3) is 8.85. The van der Waals surface area contributed by atoms with Crippen LogP contribution in [-0.4, -0.2) is 73.1 Å². The summed E-state index contributed by atoms with van der Waals surface area (Å²) in [6.45, 7) is 0. The normalized spacial score (nSPS) is 2.25. The molecular weight excluding hydrogens is 308 g/mol. The quantitative estimate of drug-likeness (QED) is 0.425. The topological polar surface area (TPSA) is 0 Å². The summed E-state index contributed by atoms with van der Waals surface area (Å²) in [5, 5.41) is 0. The average molecular weight is 314 g/mol. The van der Waals surface area contributed by atoms with Crippen molar-refractivity contribution in [2.45, 2.75) is 0 Å². The van der Waals surface area contributed by atoms with Crippen molar-refractivity contribution in [3.05, 3.63) is 0 Å². The van der Waals surface area contributed by atoms with Gasteiger partial charge in [0.15, 0.2) is 0 Å². The van der Waals surface area contributed by atoms with E-state index in [1.165, 1.54) is 8.85 Å². The molecule has 0 aromatic carbocycles. The summed E-state index contributed by atoms with van der Waals surface area (Å²) >= 11 is 2.45. The SMILES string of the molecule is [BaH2].[Cu].[SiH3][SeH]. The van der Waals surface area contributed by atoms with E-state index in [9.17, 15) is 0 Å². The van der Waals surface area contributed by atoms with Gasteiger partial charge in [-0.1, -0.05) is 0 Å². The van der Waals surface area contributed by atoms with Gasteiger partial charge >= 0.3 is 73.1 Å². The zero-order valence-electron chi connectivity index (χ0n) is 1.75. The van der Waals surface area contributed by atoms with Crippen LogP contribution in [-0.2, 0) is 17.1 Å². The molecule has 0 nitrogen and oxygen atoms in total. The van der Waals surface area contributed by atoms with Gasteiger partial charge in [-0.3, -0.25) is 0 Å². The fraction of sp³-hybridized carbons (Fsp3) is 0. The minimum absolute atomic E-state index is 0. The molecule has 0 aliphatic rings. The van der Waals surface area contributed by atoms with Crippen molar-refractivity contribution in [1.82, 2.24) is 0 Å². The van der Waals surface area contributed by atoms with Crippen LogP contribution in [0.15, 0.2) is 0 Å². The molecule has 1 radical (unpaired) electrons. The maximum atomic E-state index is 2.45. The van der Waals surface area contributed by atoms with E-state index in [1.807, 2.05) is 0 Å². The first-order chi connectivity index (χ1) is 1.00. The van der Waals surface area contributed by atoms with Gasteiger partial charge in [-0.25, -0.2) is 0 Å². The van der Waals surface area contributed by atoms with Crippen molar-refractivity contribution in [2.75, 3.05) is 0 Å². The Labute approximate surface area is 88.1 Å². The Morgan fingerprint density at radius 2 is 1.25 bits per heavy atom. The summed E-state index contributed by atoms with van der Waals surface area (Å²) < 4.78 is 0. The summed E-state index contributed by atoms with van der Waals surface area (Å²) in [6, 6.07) is 0. The van der Waals surface area contributed by atoms with Crippen LogP contribution in [0.3, 0.4) is 0 Å². The third-order valence-electron chi connectivity index (χ3n) is 0. The summed E-state index contributed by atoms with van der Waals surface area (Å²) in [5.74, 6) is 0. The van der Waals surface area contributed by atoms with Gasteiger partial charge in [0.1, 0.15) is 0 Å². The van der Waals surface area contributed by atoms with Crippen LogP contribution in [0.2, 0.25) is 0 Å². The molecule has 0 fully saturated rings. The molecule has 0 spiro atoms. The van der Waals surface area contributed by atoms with E-state index >= 15 is 0 Å². The molecule has 0 heterocycles. The molecule has 0 N–H and O–H groups in total. The molecule has 0 unspecified atom stereocenters. The molecule has 0 aromatic rings. The molecule has 0 saturated heterocycles. The van der Waals surface area contributed by atoms with Gasteiger partial charge in [0.25, 0.3) is 0 Å². The molecule has 29 valence electrons. The molecule has 0 saturated carbocycles. The van der Waals surface area contributed by atoms with E-state index in [2.05, 4.69) is 15.4 Å². The molecule has 4 heteroatoms. The second-order valence-corrected chi connectivity index (χ2v) is 0. The molecule has 0 bridgehead atoms. The molecule has 0 amide bonds. The molecule has 0 rings (SSSR count). The van der Waals surface area contributed by atoms with Crippen molar-refractivity contribution < 1.29 is 17.1 Å². The molecule has 0 aliphatic carbocycles. The van der Waals surface area contributed by atoms with Crippen molar-refractivity contribution >= 4 is 73.1 Å².